The predicted molar refractivity (Wildman–Crippen MR) is 91.8 cm³/mol. The lowest BCUT2D eigenvalue weighted by molar-refractivity contribution is 0.103. The Morgan fingerprint density at radius 1 is 0.957 bits per heavy atom. The Morgan fingerprint density at radius 3 is 2.04 bits per heavy atom. The number of ether oxygens (including phenoxy) is 2. The smallest absolute Gasteiger partial charge is 0.201 e. The van der Waals surface area contributed by atoms with Gasteiger partial charge in [-0.1, -0.05) is 32.0 Å². The average Bonchev–Trinajstić information content (AvgIpc) is 2.59. The summed E-state index contributed by atoms with van der Waals surface area (Å²) in [6, 6.07) is 12.2. The fourth-order valence-corrected chi connectivity index (χ4v) is 3.55. The Balaban J connectivity index is 2.61. The molecule has 0 bridgehead atoms. The van der Waals surface area contributed by atoms with Gasteiger partial charge in [0.15, 0.2) is 0 Å². The van der Waals surface area contributed by atoms with Gasteiger partial charge in [-0.2, -0.15) is 0 Å². The first kappa shape index (κ1) is 17.2. The summed E-state index contributed by atoms with van der Waals surface area (Å²) in [7, 11) is 1.35. The molecule has 1 unspecified atom stereocenters. The molecule has 0 aliphatic carbocycles. The van der Waals surface area contributed by atoms with Crippen molar-refractivity contribution in [1.82, 2.24) is 0 Å². The fourth-order valence-electron chi connectivity index (χ4n) is 2.35. The Morgan fingerprint density at radius 2 is 1.52 bits per heavy atom. The molecule has 0 aromatic heterocycles. The van der Waals surface area contributed by atoms with E-state index in [0.717, 1.165) is 0 Å². The minimum Gasteiger partial charge on any atom is -0.496 e. The summed E-state index contributed by atoms with van der Waals surface area (Å²) >= 11 is 0. The third kappa shape index (κ3) is 3.43. The molecule has 2 rings (SSSR count). The van der Waals surface area contributed by atoms with Crippen LogP contribution in [0.25, 0.3) is 0 Å². The van der Waals surface area contributed by atoms with Crippen LogP contribution in [0.15, 0.2) is 42.5 Å². The Bertz CT molecular complexity index is 715. The van der Waals surface area contributed by atoms with Crippen molar-refractivity contribution in [3.63, 3.8) is 0 Å². The van der Waals surface area contributed by atoms with Crippen molar-refractivity contribution in [1.29, 1.82) is 0 Å². The molecular weight excluding hydrogens is 311 g/mol. The molecule has 1 radical (unpaired) electrons. The molecule has 0 N–H and O–H groups in total. The fraction of sp³-hybridized carbons (Fsp3) is 0.278. The monoisotopic (exact) mass is 331 g/mol. The van der Waals surface area contributed by atoms with Gasteiger partial charge < -0.3 is 9.47 Å². The molecule has 1 atom stereocenters. The van der Waals surface area contributed by atoms with E-state index >= 15 is 0 Å². The van der Waals surface area contributed by atoms with Crippen LogP contribution in [0.1, 0.15) is 29.8 Å². The lowest BCUT2D eigenvalue weighted by Gasteiger charge is -2.14. The topological polar surface area (TPSA) is 52.6 Å². The second-order valence-electron chi connectivity index (χ2n) is 5.30. The third-order valence-electron chi connectivity index (χ3n) is 3.51. The van der Waals surface area contributed by atoms with Crippen LogP contribution in [-0.2, 0) is 4.57 Å². The standard InChI is InChI=1S/C18H20O4P/c1-12(2)23(20)16-11-6-5-8-13(16)18(19)17-14(21-3)9-7-10-15(17)22-4/h5-12H,1-4H3. The summed E-state index contributed by atoms with van der Waals surface area (Å²) in [5, 5.41) is 0.565. The van der Waals surface area contributed by atoms with Crippen molar-refractivity contribution in [3.8, 4) is 11.5 Å². The van der Waals surface area contributed by atoms with E-state index in [0.29, 0.717) is 27.9 Å². The molecule has 5 heteroatoms. The highest BCUT2D eigenvalue weighted by Gasteiger charge is 2.24. The number of carbonyl (C=O) groups excluding carboxylic acids is 1. The van der Waals surface area contributed by atoms with Gasteiger partial charge in [-0.05, 0) is 24.3 Å². The van der Waals surface area contributed by atoms with Crippen LogP contribution in [-0.4, -0.2) is 25.7 Å². The van der Waals surface area contributed by atoms with Gasteiger partial charge in [0.2, 0.25) is 5.78 Å². The van der Waals surface area contributed by atoms with Crippen LogP contribution in [0.4, 0.5) is 0 Å². The van der Waals surface area contributed by atoms with Gasteiger partial charge in [0.1, 0.15) is 24.9 Å². The highest BCUT2D eigenvalue weighted by Crippen LogP contribution is 2.33. The van der Waals surface area contributed by atoms with Gasteiger partial charge in [-0.25, -0.2) is 0 Å². The largest absolute Gasteiger partial charge is 0.496 e. The Hall–Kier alpha value is -2.19. The van der Waals surface area contributed by atoms with Crippen molar-refractivity contribution in [2.75, 3.05) is 14.2 Å². The van der Waals surface area contributed by atoms with E-state index in [1.165, 1.54) is 14.2 Å². The molecule has 0 aliphatic rings. The molecule has 0 saturated carbocycles. The maximum atomic E-state index is 13.1. The number of hydrogen-bond acceptors (Lipinski definition) is 4. The first-order valence-electron chi connectivity index (χ1n) is 7.32. The molecule has 0 heterocycles. The number of benzene rings is 2. The summed E-state index contributed by atoms with van der Waals surface area (Å²) in [5.41, 5.74) is 0.723. The summed E-state index contributed by atoms with van der Waals surface area (Å²) in [6.45, 7) is 3.76. The molecule has 2 aromatic carbocycles. The van der Waals surface area contributed by atoms with Gasteiger partial charge in [0, 0.05) is 16.5 Å². The van der Waals surface area contributed by atoms with E-state index in [1.54, 1.807) is 42.5 Å². The van der Waals surface area contributed by atoms with E-state index in [4.69, 9.17) is 9.47 Å². The molecule has 23 heavy (non-hydrogen) atoms. The molecule has 121 valence electrons. The maximum absolute atomic E-state index is 13.1. The zero-order valence-electron chi connectivity index (χ0n) is 13.7. The van der Waals surface area contributed by atoms with Crippen LogP contribution >= 0.6 is 7.80 Å². The molecule has 4 nitrogen and oxygen atoms in total. The normalized spacial score (nSPS) is 11.3. The number of carbonyl (C=O) groups is 1. The van der Waals surface area contributed by atoms with Crippen molar-refractivity contribution in [2.45, 2.75) is 19.5 Å². The lowest BCUT2D eigenvalue weighted by Crippen LogP contribution is -2.16. The van der Waals surface area contributed by atoms with Gasteiger partial charge >= 0.3 is 0 Å². The van der Waals surface area contributed by atoms with Crippen LogP contribution in [0, 0.1) is 0 Å². The van der Waals surface area contributed by atoms with Gasteiger partial charge in [-0.15, -0.1) is 0 Å². The van der Waals surface area contributed by atoms with E-state index in [1.807, 2.05) is 13.8 Å². The van der Waals surface area contributed by atoms with E-state index < -0.39 is 7.80 Å². The predicted octanol–water partition coefficient (Wildman–Crippen LogP) is 3.80. The van der Waals surface area contributed by atoms with Crippen LogP contribution < -0.4 is 14.8 Å². The van der Waals surface area contributed by atoms with Crippen molar-refractivity contribution in [3.05, 3.63) is 53.6 Å². The van der Waals surface area contributed by atoms with Gasteiger partial charge in [-0.3, -0.25) is 9.36 Å². The number of rotatable bonds is 6. The first-order valence-corrected chi connectivity index (χ1v) is 8.65. The zero-order chi connectivity index (χ0) is 17.0. The molecule has 0 spiro atoms. The van der Waals surface area contributed by atoms with Crippen LogP contribution in [0.2, 0.25) is 0 Å². The molecular formula is C18H20O4P. The molecule has 0 amide bonds. The zero-order valence-corrected chi connectivity index (χ0v) is 14.6. The lowest BCUT2D eigenvalue weighted by atomic mass is 10.0. The highest BCUT2D eigenvalue weighted by atomic mass is 31.1. The Labute approximate surface area is 137 Å². The molecule has 0 fully saturated rings. The number of methoxy groups -OCH3 is 2. The molecule has 0 saturated heterocycles. The second-order valence-corrected chi connectivity index (χ2v) is 7.47. The van der Waals surface area contributed by atoms with Crippen molar-refractivity contribution >= 4 is 18.9 Å². The molecule has 0 aliphatic heterocycles. The average molecular weight is 331 g/mol. The Kier molecular flexibility index (Phi) is 5.51. The number of ketones is 1. The van der Waals surface area contributed by atoms with Gasteiger partial charge in [0.25, 0.3) is 0 Å². The minimum atomic E-state index is -1.66. The minimum absolute atomic E-state index is 0.0430. The second kappa shape index (κ2) is 7.38. The molecule has 2 aromatic rings. The highest BCUT2D eigenvalue weighted by molar-refractivity contribution is 7.54. The summed E-state index contributed by atoms with van der Waals surface area (Å²) in [4.78, 5) is 13.1. The third-order valence-corrected chi connectivity index (χ3v) is 5.31. The van der Waals surface area contributed by atoms with Crippen molar-refractivity contribution in [2.24, 2.45) is 0 Å². The van der Waals surface area contributed by atoms with E-state index in [9.17, 15) is 9.36 Å². The first-order chi connectivity index (χ1) is 11.0. The summed E-state index contributed by atoms with van der Waals surface area (Å²) in [6.07, 6.45) is 0. The van der Waals surface area contributed by atoms with Crippen LogP contribution in [0.3, 0.4) is 0 Å². The summed E-state index contributed by atoms with van der Waals surface area (Å²) in [5.74, 6) is 0.617. The number of hydrogen-bond donors (Lipinski definition) is 0. The van der Waals surface area contributed by atoms with Gasteiger partial charge in [0.05, 0.1) is 14.2 Å². The van der Waals surface area contributed by atoms with Crippen LogP contribution in [0.5, 0.6) is 11.5 Å². The van der Waals surface area contributed by atoms with Crippen molar-refractivity contribution < 1.29 is 18.8 Å². The SMILES string of the molecule is COc1cccc(OC)c1C(=O)c1ccccc1[P](=O)C(C)C. The maximum Gasteiger partial charge on any atom is 0.201 e. The van der Waals surface area contributed by atoms with E-state index in [2.05, 4.69) is 0 Å². The quantitative estimate of drug-likeness (QED) is 0.597. The summed E-state index contributed by atoms with van der Waals surface area (Å²) < 4.78 is 23.2. The van der Waals surface area contributed by atoms with E-state index in [-0.39, 0.29) is 11.4 Å².